The number of benzene rings is 2. The van der Waals surface area contributed by atoms with E-state index in [1.165, 1.54) is 12.1 Å². The first-order chi connectivity index (χ1) is 10.4. The number of hydrogen-bond acceptors (Lipinski definition) is 2. The third-order valence-electron chi connectivity index (χ3n) is 3.64. The van der Waals surface area contributed by atoms with Crippen LogP contribution in [-0.4, -0.2) is 14.7 Å². The van der Waals surface area contributed by atoms with Gasteiger partial charge in [0.25, 0.3) is 0 Å². The maximum atomic E-state index is 12.6. The van der Waals surface area contributed by atoms with Crippen LogP contribution in [0.5, 0.6) is 0 Å². The molecule has 0 saturated heterocycles. The molecule has 0 amide bonds. The minimum atomic E-state index is -4.35. The third kappa shape index (κ3) is 2.35. The Kier molecular flexibility index (Phi) is 3.41. The van der Waals surface area contributed by atoms with E-state index in [0.29, 0.717) is 22.5 Å². The Bertz CT molecular complexity index is 820. The number of aromatic nitrogens is 2. The maximum Gasteiger partial charge on any atom is 0.416 e. The molecule has 0 aliphatic rings. The molecule has 2 aromatic carbocycles. The van der Waals surface area contributed by atoms with Crippen LogP contribution in [0.3, 0.4) is 0 Å². The summed E-state index contributed by atoms with van der Waals surface area (Å²) in [6.45, 7) is -0.138. The fourth-order valence-corrected chi connectivity index (χ4v) is 2.47. The number of fused-ring (bicyclic) bond motifs is 1. The second kappa shape index (κ2) is 5.14. The number of para-hydroxylation sites is 1. The Morgan fingerprint density at radius 2 is 1.77 bits per heavy atom. The lowest BCUT2D eigenvalue weighted by atomic mass is 10.1. The molecule has 1 aromatic heterocycles. The molecule has 3 nitrogen and oxygen atoms in total. The second-order valence-electron chi connectivity index (χ2n) is 5.01. The van der Waals surface area contributed by atoms with Crippen molar-refractivity contribution in [3.05, 3.63) is 53.6 Å². The molecule has 0 aliphatic heterocycles. The summed E-state index contributed by atoms with van der Waals surface area (Å²) in [6, 6.07) is 10.3. The number of hydrogen-bond donors (Lipinski definition) is 1. The summed E-state index contributed by atoms with van der Waals surface area (Å²) in [5.41, 5.74) is 2.07. The lowest BCUT2D eigenvalue weighted by Gasteiger charge is -2.07. The Morgan fingerprint density at radius 3 is 2.36 bits per heavy atom. The summed E-state index contributed by atoms with van der Waals surface area (Å²) in [6.07, 6.45) is -4.35. The van der Waals surface area contributed by atoms with Gasteiger partial charge in [0.1, 0.15) is 5.82 Å². The van der Waals surface area contributed by atoms with E-state index in [1.807, 2.05) is 12.1 Å². The minimum absolute atomic E-state index is 0.138. The van der Waals surface area contributed by atoms with Crippen LogP contribution < -0.4 is 0 Å². The summed E-state index contributed by atoms with van der Waals surface area (Å²) in [5, 5.41) is 9.36. The van der Waals surface area contributed by atoms with Gasteiger partial charge in [-0.25, -0.2) is 4.98 Å². The van der Waals surface area contributed by atoms with Crippen molar-refractivity contribution >= 4 is 11.0 Å². The first-order valence-corrected chi connectivity index (χ1v) is 6.64. The van der Waals surface area contributed by atoms with E-state index in [9.17, 15) is 18.3 Å². The molecule has 1 heterocycles. The highest BCUT2D eigenvalue weighted by Gasteiger charge is 2.30. The molecule has 3 rings (SSSR count). The van der Waals surface area contributed by atoms with Crippen molar-refractivity contribution in [1.29, 1.82) is 0 Å². The number of aliphatic hydroxyl groups excluding tert-OH is 1. The maximum absolute atomic E-state index is 12.6. The van der Waals surface area contributed by atoms with Crippen molar-refractivity contribution in [2.45, 2.75) is 12.8 Å². The van der Waals surface area contributed by atoms with Gasteiger partial charge in [0.15, 0.2) is 0 Å². The van der Waals surface area contributed by atoms with E-state index in [2.05, 4.69) is 4.98 Å². The van der Waals surface area contributed by atoms with Crippen LogP contribution in [0.2, 0.25) is 0 Å². The summed E-state index contributed by atoms with van der Waals surface area (Å²) >= 11 is 0. The third-order valence-corrected chi connectivity index (χ3v) is 3.64. The van der Waals surface area contributed by atoms with Gasteiger partial charge >= 0.3 is 6.18 Å². The Balaban J connectivity index is 2.12. The molecule has 3 aromatic rings. The molecular formula is C16H13F3N2O. The average molecular weight is 306 g/mol. The van der Waals surface area contributed by atoms with Gasteiger partial charge in [0.2, 0.25) is 0 Å². The average Bonchev–Trinajstić information content (AvgIpc) is 2.84. The van der Waals surface area contributed by atoms with Gasteiger partial charge in [0.05, 0.1) is 23.2 Å². The lowest BCUT2D eigenvalue weighted by Crippen LogP contribution is -2.04. The predicted octanol–water partition coefficient (Wildman–Crippen LogP) is 3.75. The van der Waals surface area contributed by atoms with Crippen molar-refractivity contribution in [2.24, 2.45) is 7.05 Å². The first kappa shape index (κ1) is 14.6. The molecular weight excluding hydrogens is 293 g/mol. The van der Waals surface area contributed by atoms with Gasteiger partial charge in [-0.3, -0.25) is 0 Å². The Morgan fingerprint density at radius 1 is 1.09 bits per heavy atom. The van der Waals surface area contributed by atoms with Gasteiger partial charge in [-0.1, -0.05) is 24.3 Å². The van der Waals surface area contributed by atoms with E-state index in [1.54, 1.807) is 17.7 Å². The van der Waals surface area contributed by atoms with Crippen molar-refractivity contribution in [1.82, 2.24) is 9.55 Å². The topological polar surface area (TPSA) is 38.0 Å². The van der Waals surface area contributed by atoms with E-state index >= 15 is 0 Å². The number of aryl methyl sites for hydroxylation is 1. The highest BCUT2D eigenvalue weighted by molar-refractivity contribution is 5.83. The highest BCUT2D eigenvalue weighted by atomic mass is 19.4. The number of rotatable bonds is 2. The molecule has 1 N–H and O–H groups in total. The second-order valence-corrected chi connectivity index (χ2v) is 5.01. The Labute approximate surface area is 124 Å². The molecule has 0 unspecified atom stereocenters. The number of alkyl halides is 3. The van der Waals surface area contributed by atoms with Gasteiger partial charge in [-0.15, -0.1) is 0 Å². The number of nitrogens with zero attached hydrogens (tertiary/aromatic N) is 2. The number of imidazole rings is 1. The van der Waals surface area contributed by atoms with Gasteiger partial charge in [-0.05, 0) is 18.2 Å². The predicted molar refractivity (Wildman–Crippen MR) is 77.1 cm³/mol. The summed E-state index contributed by atoms with van der Waals surface area (Å²) in [7, 11) is 1.80. The summed E-state index contributed by atoms with van der Waals surface area (Å²) in [4.78, 5) is 4.47. The lowest BCUT2D eigenvalue weighted by molar-refractivity contribution is -0.137. The van der Waals surface area contributed by atoms with Crippen LogP contribution in [0.4, 0.5) is 13.2 Å². The zero-order valence-corrected chi connectivity index (χ0v) is 11.7. The zero-order valence-electron chi connectivity index (χ0n) is 11.7. The van der Waals surface area contributed by atoms with Crippen LogP contribution in [0.1, 0.15) is 11.1 Å². The van der Waals surface area contributed by atoms with E-state index in [0.717, 1.165) is 17.6 Å². The van der Waals surface area contributed by atoms with Crippen molar-refractivity contribution in [3.63, 3.8) is 0 Å². The van der Waals surface area contributed by atoms with Crippen molar-refractivity contribution < 1.29 is 18.3 Å². The standard InChI is InChI=1S/C16H13F3N2O/c1-21-13-4-2-3-11(9-22)14(13)20-15(21)10-5-7-12(8-6-10)16(17,18)19/h2-8,22H,9H2,1H3. The van der Waals surface area contributed by atoms with Crippen LogP contribution in [0, 0.1) is 0 Å². The fraction of sp³-hybridized carbons (Fsp3) is 0.188. The normalized spacial score (nSPS) is 12.0. The van der Waals surface area contributed by atoms with Gasteiger partial charge < -0.3 is 9.67 Å². The molecule has 0 saturated carbocycles. The fourth-order valence-electron chi connectivity index (χ4n) is 2.47. The van der Waals surface area contributed by atoms with Gasteiger partial charge in [0, 0.05) is 18.2 Å². The molecule has 0 aliphatic carbocycles. The molecule has 0 fully saturated rings. The number of aliphatic hydroxyl groups is 1. The van der Waals surface area contributed by atoms with Crippen molar-refractivity contribution in [3.8, 4) is 11.4 Å². The van der Waals surface area contributed by atoms with Crippen LogP contribution in [-0.2, 0) is 19.8 Å². The monoisotopic (exact) mass is 306 g/mol. The SMILES string of the molecule is Cn1c(-c2ccc(C(F)(F)F)cc2)nc2c(CO)cccc21. The summed E-state index contributed by atoms with van der Waals surface area (Å²) < 4.78 is 39.7. The first-order valence-electron chi connectivity index (χ1n) is 6.64. The summed E-state index contributed by atoms with van der Waals surface area (Å²) in [5.74, 6) is 0.560. The molecule has 0 spiro atoms. The smallest absolute Gasteiger partial charge is 0.392 e. The molecule has 22 heavy (non-hydrogen) atoms. The van der Waals surface area contributed by atoms with E-state index in [4.69, 9.17) is 0 Å². The quantitative estimate of drug-likeness (QED) is 0.783. The molecule has 6 heteroatoms. The number of halogens is 3. The van der Waals surface area contributed by atoms with Crippen LogP contribution in [0.15, 0.2) is 42.5 Å². The highest BCUT2D eigenvalue weighted by Crippen LogP contribution is 2.31. The van der Waals surface area contributed by atoms with Gasteiger partial charge in [-0.2, -0.15) is 13.2 Å². The molecule has 114 valence electrons. The van der Waals surface area contributed by atoms with E-state index < -0.39 is 11.7 Å². The Hall–Kier alpha value is -2.34. The molecule has 0 atom stereocenters. The van der Waals surface area contributed by atoms with Crippen LogP contribution in [0.25, 0.3) is 22.4 Å². The largest absolute Gasteiger partial charge is 0.416 e. The molecule has 0 bridgehead atoms. The van der Waals surface area contributed by atoms with Crippen LogP contribution >= 0.6 is 0 Å². The zero-order chi connectivity index (χ0) is 15.9. The molecule has 0 radical (unpaired) electrons. The minimum Gasteiger partial charge on any atom is -0.392 e. The van der Waals surface area contributed by atoms with Crippen molar-refractivity contribution in [2.75, 3.05) is 0 Å². The van der Waals surface area contributed by atoms with E-state index in [-0.39, 0.29) is 6.61 Å².